The monoisotopic (exact) mass is 265 g/mol. The van der Waals surface area contributed by atoms with E-state index in [9.17, 15) is 9.59 Å². The van der Waals surface area contributed by atoms with Crippen LogP contribution >= 0.6 is 0 Å². The number of nitrogens with one attached hydrogen (secondary N) is 3. The van der Waals surface area contributed by atoms with Crippen LogP contribution in [0.2, 0.25) is 0 Å². The van der Waals surface area contributed by atoms with Crippen LogP contribution in [-0.4, -0.2) is 28.1 Å². The van der Waals surface area contributed by atoms with Crippen LogP contribution < -0.4 is 10.6 Å². The Hall–Kier alpha value is -1.98. The van der Waals surface area contributed by atoms with Gasteiger partial charge in [-0.25, -0.2) is 9.59 Å². The topological polar surface area (TPSA) is 94.2 Å². The summed E-state index contributed by atoms with van der Waals surface area (Å²) in [5.74, 6) is -1.05. The van der Waals surface area contributed by atoms with Crippen LogP contribution in [0.5, 0.6) is 0 Å². The molecule has 6 heteroatoms. The Morgan fingerprint density at radius 1 is 1.32 bits per heavy atom. The summed E-state index contributed by atoms with van der Waals surface area (Å²) in [7, 11) is 0. The molecule has 0 aliphatic heterocycles. The molecule has 1 aromatic rings. The van der Waals surface area contributed by atoms with Gasteiger partial charge in [0.2, 0.25) is 0 Å². The molecule has 1 heterocycles. The van der Waals surface area contributed by atoms with E-state index in [1.54, 1.807) is 6.92 Å². The molecule has 1 aliphatic carbocycles. The Labute approximate surface area is 111 Å². The van der Waals surface area contributed by atoms with Gasteiger partial charge in [0.25, 0.3) is 0 Å². The number of hydrogen-bond acceptors (Lipinski definition) is 2. The number of rotatable bonds is 3. The van der Waals surface area contributed by atoms with Crippen molar-refractivity contribution in [1.29, 1.82) is 0 Å². The lowest BCUT2D eigenvalue weighted by molar-refractivity contribution is 0.0697. The highest BCUT2D eigenvalue weighted by molar-refractivity contribution is 6.01. The van der Waals surface area contributed by atoms with Crippen LogP contribution in [0.1, 0.15) is 48.2 Å². The third-order valence-corrected chi connectivity index (χ3v) is 3.48. The molecule has 1 aromatic heterocycles. The number of aryl methyl sites for hydroxylation is 1. The molecule has 2 amide bonds. The minimum atomic E-state index is -1.05. The third kappa shape index (κ3) is 3.27. The smallest absolute Gasteiger partial charge is 0.339 e. The van der Waals surface area contributed by atoms with Gasteiger partial charge in [0.1, 0.15) is 5.56 Å². The summed E-state index contributed by atoms with van der Waals surface area (Å²) >= 11 is 0. The fourth-order valence-electron chi connectivity index (χ4n) is 2.49. The van der Waals surface area contributed by atoms with E-state index >= 15 is 0 Å². The number of carbonyl (C=O) groups excluding carboxylic acids is 1. The van der Waals surface area contributed by atoms with E-state index in [1.807, 2.05) is 0 Å². The lowest BCUT2D eigenvalue weighted by Gasteiger charge is -2.22. The lowest BCUT2D eigenvalue weighted by Crippen LogP contribution is -2.39. The second-order valence-electron chi connectivity index (χ2n) is 4.94. The van der Waals surface area contributed by atoms with Crippen molar-refractivity contribution < 1.29 is 14.7 Å². The number of aromatic carboxylic acids is 1. The molecule has 2 rings (SSSR count). The van der Waals surface area contributed by atoms with Crippen molar-refractivity contribution >= 4 is 17.7 Å². The van der Waals surface area contributed by atoms with Gasteiger partial charge in [-0.15, -0.1) is 0 Å². The Balaban J connectivity index is 1.96. The molecule has 0 radical (unpaired) electrons. The lowest BCUT2D eigenvalue weighted by atomic mass is 9.96. The van der Waals surface area contributed by atoms with Crippen molar-refractivity contribution in [3.05, 3.63) is 17.5 Å². The Kier molecular flexibility index (Phi) is 4.09. The molecule has 4 N–H and O–H groups in total. The molecule has 1 saturated carbocycles. The van der Waals surface area contributed by atoms with Gasteiger partial charge in [0.05, 0.1) is 5.69 Å². The zero-order chi connectivity index (χ0) is 13.8. The van der Waals surface area contributed by atoms with E-state index in [0.29, 0.717) is 11.4 Å². The maximum absolute atomic E-state index is 11.8. The van der Waals surface area contributed by atoms with Gasteiger partial charge in [0.15, 0.2) is 0 Å². The predicted molar refractivity (Wildman–Crippen MR) is 71.5 cm³/mol. The van der Waals surface area contributed by atoms with Crippen LogP contribution in [0.4, 0.5) is 10.5 Å². The third-order valence-electron chi connectivity index (χ3n) is 3.48. The number of carboxylic acid groups (broad SMARTS) is 1. The second kappa shape index (κ2) is 5.77. The molecular formula is C13H19N3O3. The van der Waals surface area contributed by atoms with Gasteiger partial charge in [-0.2, -0.15) is 0 Å². The van der Waals surface area contributed by atoms with E-state index in [2.05, 4.69) is 15.6 Å². The van der Waals surface area contributed by atoms with Gasteiger partial charge >= 0.3 is 12.0 Å². The first-order chi connectivity index (χ1) is 9.08. The summed E-state index contributed by atoms with van der Waals surface area (Å²) in [6.45, 7) is 1.66. The number of H-pyrrole nitrogens is 1. The Morgan fingerprint density at radius 2 is 2.00 bits per heavy atom. The summed E-state index contributed by atoms with van der Waals surface area (Å²) in [5.41, 5.74) is 0.942. The zero-order valence-electron chi connectivity index (χ0n) is 11.0. The summed E-state index contributed by atoms with van der Waals surface area (Å²) in [6, 6.07) is -0.143. The maximum atomic E-state index is 11.8. The Morgan fingerprint density at radius 3 is 2.63 bits per heavy atom. The van der Waals surface area contributed by atoms with Gasteiger partial charge in [0, 0.05) is 17.9 Å². The van der Waals surface area contributed by atoms with E-state index in [-0.39, 0.29) is 17.6 Å². The molecule has 0 spiro atoms. The van der Waals surface area contributed by atoms with Gasteiger partial charge in [-0.1, -0.05) is 19.3 Å². The van der Waals surface area contributed by atoms with Crippen LogP contribution in [0.15, 0.2) is 6.20 Å². The van der Waals surface area contributed by atoms with Crippen LogP contribution in [0.25, 0.3) is 0 Å². The van der Waals surface area contributed by atoms with E-state index < -0.39 is 5.97 Å². The predicted octanol–water partition coefficient (Wildman–Crippen LogP) is 2.48. The molecule has 1 fully saturated rings. The number of anilines is 1. The highest BCUT2D eigenvalue weighted by Gasteiger charge is 2.19. The van der Waals surface area contributed by atoms with Crippen LogP contribution in [0.3, 0.4) is 0 Å². The minimum absolute atomic E-state index is 0.110. The molecular weight excluding hydrogens is 246 g/mol. The van der Waals surface area contributed by atoms with Crippen molar-refractivity contribution in [2.45, 2.75) is 45.1 Å². The number of amides is 2. The first-order valence-electron chi connectivity index (χ1n) is 6.56. The largest absolute Gasteiger partial charge is 0.478 e. The standard InChI is InChI=1S/C13H19N3O3/c1-8-11(12(17)18)10(7-14-8)16-13(19)15-9-5-3-2-4-6-9/h7,9,14H,2-6H2,1H3,(H,17,18)(H2,15,16,19). The number of carbonyl (C=O) groups is 2. The summed E-state index contributed by atoms with van der Waals surface area (Å²) in [4.78, 5) is 25.7. The minimum Gasteiger partial charge on any atom is -0.478 e. The molecule has 0 aromatic carbocycles. The van der Waals surface area contributed by atoms with E-state index in [4.69, 9.17) is 5.11 Å². The number of aromatic amines is 1. The molecule has 6 nitrogen and oxygen atoms in total. The summed E-state index contributed by atoms with van der Waals surface area (Å²) < 4.78 is 0. The number of urea groups is 1. The van der Waals surface area contributed by atoms with Crippen molar-refractivity contribution in [2.24, 2.45) is 0 Å². The van der Waals surface area contributed by atoms with Gasteiger partial charge < -0.3 is 20.7 Å². The fourth-order valence-corrected chi connectivity index (χ4v) is 2.49. The molecule has 0 saturated heterocycles. The zero-order valence-corrected chi connectivity index (χ0v) is 11.0. The van der Waals surface area contributed by atoms with Crippen molar-refractivity contribution in [1.82, 2.24) is 10.3 Å². The van der Waals surface area contributed by atoms with E-state index in [0.717, 1.165) is 25.7 Å². The maximum Gasteiger partial charge on any atom is 0.339 e. The van der Waals surface area contributed by atoms with Crippen molar-refractivity contribution in [2.75, 3.05) is 5.32 Å². The molecule has 0 bridgehead atoms. The molecule has 0 unspecified atom stereocenters. The molecule has 104 valence electrons. The first kappa shape index (κ1) is 13.5. The quantitative estimate of drug-likeness (QED) is 0.676. The van der Waals surface area contributed by atoms with Crippen LogP contribution in [0, 0.1) is 6.92 Å². The highest BCUT2D eigenvalue weighted by Crippen LogP contribution is 2.20. The summed E-state index contributed by atoms with van der Waals surface area (Å²) in [6.07, 6.45) is 6.97. The highest BCUT2D eigenvalue weighted by atomic mass is 16.4. The first-order valence-corrected chi connectivity index (χ1v) is 6.56. The number of carboxylic acids is 1. The molecule has 19 heavy (non-hydrogen) atoms. The Bertz CT molecular complexity index is 475. The fraction of sp³-hybridized carbons (Fsp3) is 0.538. The average molecular weight is 265 g/mol. The molecule has 1 aliphatic rings. The SMILES string of the molecule is Cc1[nH]cc(NC(=O)NC2CCCCC2)c1C(=O)O. The van der Waals surface area contributed by atoms with Crippen LogP contribution in [-0.2, 0) is 0 Å². The van der Waals surface area contributed by atoms with E-state index in [1.165, 1.54) is 12.6 Å². The van der Waals surface area contributed by atoms with Gasteiger partial charge in [-0.05, 0) is 19.8 Å². The molecule has 0 atom stereocenters. The average Bonchev–Trinajstić information content (AvgIpc) is 2.71. The normalized spacial score (nSPS) is 16.1. The summed E-state index contributed by atoms with van der Waals surface area (Å²) in [5, 5.41) is 14.6. The second-order valence-corrected chi connectivity index (χ2v) is 4.94. The van der Waals surface area contributed by atoms with Crippen molar-refractivity contribution in [3.8, 4) is 0 Å². The number of hydrogen-bond donors (Lipinski definition) is 4. The van der Waals surface area contributed by atoms with Crippen molar-refractivity contribution in [3.63, 3.8) is 0 Å². The van der Waals surface area contributed by atoms with Gasteiger partial charge in [-0.3, -0.25) is 0 Å². The number of aromatic nitrogens is 1.